The predicted octanol–water partition coefficient (Wildman–Crippen LogP) is 13.0. The molecule has 0 aliphatic heterocycles. The van der Waals surface area contributed by atoms with Gasteiger partial charge in [-0.05, 0) is 75.9 Å². The molecular weight excluding hydrogens is 1330 g/mol. The van der Waals surface area contributed by atoms with Crippen molar-refractivity contribution in [3.8, 4) is 125 Å². The van der Waals surface area contributed by atoms with Crippen molar-refractivity contribution >= 4 is 0 Å². The van der Waals surface area contributed by atoms with Crippen molar-refractivity contribution in [1.29, 1.82) is 0 Å². The van der Waals surface area contributed by atoms with Gasteiger partial charge in [-0.25, -0.2) is 0 Å². The summed E-state index contributed by atoms with van der Waals surface area (Å²) in [6.07, 6.45) is 4.00. The molecule has 1 radical (unpaired) electrons. The quantitative estimate of drug-likeness (QED) is 0.0632. The first-order chi connectivity index (χ1) is 43.4. The fourth-order valence-corrected chi connectivity index (χ4v) is 9.64. The van der Waals surface area contributed by atoms with Gasteiger partial charge in [-0.1, -0.05) is 140 Å². The molecule has 0 aliphatic rings. The smallest absolute Gasteiger partial charge is 0.429 e. The molecule has 0 aliphatic carbocycles. The van der Waals surface area contributed by atoms with Crippen LogP contribution < -0.4 is 52.1 Å². The third-order valence-corrected chi connectivity index (χ3v) is 13.9. The van der Waals surface area contributed by atoms with E-state index in [0.29, 0.717) is 57.4 Å². The van der Waals surface area contributed by atoms with Crippen LogP contribution in [0.1, 0.15) is 5.82 Å². The van der Waals surface area contributed by atoms with E-state index in [1.165, 1.54) is 12.3 Å². The topological polar surface area (TPSA) is 144 Å². The molecule has 0 atom stereocenters. The van der Waals surface area contributed by atoms with Crippen molar-refractivity contribution in [3.63, 3.8) is 0 Å². The second-order valence-electron chi connectivity index (χ2n) is 19.1. The Bertz CT molecular complexity index is 3850. The van der Waals surface area contributed by atoms with Crippen molar-refractivity contribution in [1.82, 2.24) is 29.3 Å². The van der Waals surface area contributed by atoms with Gasteiger partial charge in [0, 0.05) is 61.4 Å². The van der Waals surface area contributed by atoms with E-state index in [1.54, 1.807) is 81.1 Å². The Labute approximate surface area is 532 Å². The molecule has 459 valence electrons. The van der Waals surface area contributed by atoms with E-state index in [2.05, 4.69) is 93.5 Å². The maximum atomic E-state index is 12.1. The average Bonchev–Trinajstić information content (AvgIpc) is 1.62. The number of imidazole rings is 2. The number of alkyl halides is 3. The van der Waals surface area contributed by atoms with E-state index in [0.717, 1.165) is 56.4 Å². The zero-order valence-electron chi connectivity index (χ0n) is 49.9. The zero-order valence-corrected chi connectivity index (χ0v) is 52.3. The average molecular weight is 1390 g/mol. The number of nitrogens with zero attached hydrogens (tertiary/aromatic N) is 8. The van der Waals surface area contributed by atoms with Crippen molar-refractivity contribution in [3.05, 3.63) is 237 Å². The van der Waals surface area contributed by atoms with Crippen molar-refractivity contribution < 1.29 is 80.3 Å². The summed E-state index contributed by atoms with van der Waals surface area (Å²) in [7, 11) is 13.1. The van der Waals surface area contributed by atoms with Crippen LogP contribution >= 0.6 is 0 Å². The SMILES string of the molecule is COc1c[c-]c(-n2[c-][n+](-c3ccc(OC)cc3OC)c(-c3ccccc3)c2-c2ccccc2)c(OC)c1.COc1c[c-]c(-n2[c-][n+](-c3ccc(OC)cc3OC)c(-c3ccccc3)c2-c2ccccc2)c(OC)c1.FC(F)(F)c1n[n-]c(-c2ccccn2)n1.[Ir]. The number of ether oxygens (including phenoxy) is 8. The van der Waals surface area contributed by atoms with E-state index < -0.39 is 12.0 Å². The Morgan fingerprint density at radius 1 is 0.433 bits per heavy atom. The molecule has 20 heteroatoms. The second kappa shape index (κ2) is 29.3. The van der Waals surface area contributed by atoms with Gasteiger partial charge in [0.15, 0.2) is 0 Å². The molecule has 0 saturated carbocycles. The fraction of sp³-hybridized carbons (Fsp3) is 0.129. The van der Waals surface area contributed by atoms with Crippen molar-refractivity contribution in [2.24, 2.45) is 0 Å². The van der Waals surface area contributed by atoms with Crippen LogP contribution in [-0.4, -0.2) is 81.1 Å². The molecule has 12 rings (SSSR count). The molecule has 8 aromatic carbocycles. The molecule has 4 aromatic heterocycles. The van der Waals surface area contributed by atoms with Crippen LogP contribution in [0.25, 0.3) is 79.3 Å². The summed E-state index contributed by atoms with van der Waals surface area (Å²) in [6.45, 7) is 0. The Balaban J connectivity index is 0.000000173. The summed E-state index contributed by atoms with van der Waals surface area (Å²) >= 11 is 0. The molecular formula is C70H58F3IrN8O8-3. The van der Waals surface area contributed by atoms with Gasteiger partial charge in [-0.3, -0.25) is 19.2 Å². The van der Waals surface area contributed by atoms with Crippen LogP contribution in [0.3, 0.4) is 0 Å². The molecule has 0 amide bonds. The molecule has 0 saturated heterocycles. The van der Waals surface area contributed by atoms with E-state index in [9.17, 15) is 13.2 Å². The van der Waals surface area contributed by atoms with E-state index >= 15 is 0 Å². The van der Waals surface area contributed by atoms with Gasteiger partial charge in [-0.2, -0.15) is 25.3 Å². The van der Waals surface area contributed by atoms with Gasteiger partial charge in [-0.15, -0.1) is 12.1 Å². The number of benzene rings is 8. The largest absolute Gasteiger partial charge is 0.558 e. The molecule has 12 aromatic rings. The van der Waals surface area contributed by atoms with Crippen molar-refractivity contribution in [2.75, 3.05) is 56.9 Å². The van der Waals surface area contributed by atoms with E-state index in [-0.39, 0.29) is 31.6 Å². The summed E-state index contributed by atoms with van der Waals surface area (Å²) in [6, 6.07) is 71.1. The van der Waals surface area contributed by atoms with Crippen LogP contribution in [0.4, 0.5) is 13.2 Å². The van der Waals surface area contributed by atoms with Crippen LogP contribution in [-0.2, 0) is 26.3 Å². The number of methoxy groups -OCH3 is 8. The first kappa shape index (κ1) is 63.8. The monoisotopic (exact) mass is 1390 g/mol. The van der Waals surface area contributed by atoms with Gasteiger partial charge in [0.2, 0.25) is 0 Å². The summed E-state index contributed by atoms with van der Waals surface area (Å²) < 4.78 is 89.2. The molecule has 4 heterocycles. The van der Waals surface area contributed by atoms with Gasteiger partial charge >= 0.3 is 6.18 Å². The minimum atomic E-state index is -4.57. The number of hydrogen-bond donors (Lipinski definition) is 0. The number of aromatic nitrogens is 8. The van der Waals surface area contributed by atoms with Crippen LogP contribution in [0.2, 0.25) is 0 Å². The normalized spacial score (nSPS) is 10.7. The predicted molar refractivity (Wildman–Crippen MR) is 328 cm³/mol. The molecule has 90 heavy (non-hydrogen) atoms. The molecule has 0 spiro atoms. The summed E-state index contributed by atoms with van der Waals surface area (Å²) in [5, 5.41) is 6.25. The molecule has 0 N–H and O–H groups in total. The summed E-state index contributed by atoms with van der Waals surface area (Å²) in [5.74, 6) is 3.87. The third-order valence-electron chi connectivity index (χ3n) is 13.9. The fourth-order valence-electron chi connectivity index (χ4n) is 9.64. The first-order valence-corrected chi connectivity index (χ1v) is 27.4. The summed E-state index contributed by atoms with van der Waals surface area (Å²) in [4.78, 5) is 7.05. The van der Waals surface area contributed by atoms with Crippen molar-refractivity contribution in [2.45, 2.75) is 6.18 Å². The Morgan fingerprint density at radius 2 is 0.811 bits per heavy atom. The van der Waals surface area contributed by atoms with Crippen LogP contribution in [0.5, 0.6) is 46.0 Å². The van der Waals surface area contributed by atoms with Gasteiger partial charge in [0.25, 0.3) is 12.7 Å². The Hall–Kier alpha value is -10.7. The number of hydrogen-bond acceptors (Lipinski definition) is 11. The first-order valence-electron chi connectivity index (χ1n) is 27.4. The maximum absolute atomic E-state index is 12.1. The number of rotatable bonds is 17. The zero-order chi connectivity index (χ0) is 62.4. The van der Waals surface area contributed by atoms with E-state index in [4.69, 9.17) is 37.9 Å². The van der Waals surface area contributed by atoms with Gasteiger partial charge < -0.3 is 57.1 Å². The van der Waals surface area contributed by atoms with Crippen LogP contribution in [0, 0.1) is 24.8 Å². The molecule has 0 unspecified atom stereocenters. The molecule has 0 fully saturated rings. The van der Waals surface area contributed by atoms with Gasteiger partial charge in [0.1, 0.15) is 40.2 Å². The second-order valence-corrected chi connectivity index (χ2v) is 19.1. The Kier molecular flexibility index (Phi) is 20.8. The minimum Gasteiger partial charge on any atom is -0.558 e. The summed E-state index contributed by atoms with van der Waals surface area (Å²) in [5.41, 5.74) is 11.0. The minimum absolute atomic E-state index is 0. The maximum Gasteiger partial charge on any atom is 0.429 e. The molecule has 16 nitrogen and oxygen atoms in total. The number of halogens is 3. The van der Waals surface area contributed by atoms with Crippen LogP contribution in [0.15, 0.2) is 206 Å². The molecule has 0 bridgehead atoms. The van der Waals surface area contributed by atoms with E-state index in [1.807, 2.05) is 140 Å². The third kappa shape index (κ3) is 13.8. The standard InChI is InChI=1S/2C31H27N2O4.C8H4F3N4.Ir/c2*1-34-24-15-17-26(28(19-24)36-3)32-21-33(27-18-16-25(35-2)20-29(27)37-4)31(23-13-9-6-10-14-23)30(32)22-11-7-5-8-12-22;9-8(10,11)7-13-6(14-15-7)5-3-1-2-4-12-5;/h2*5-17,19-20H,1-4H3;1-4H;/q3*-1;. The number of pyridine rings is 1. The van der Waals surface area contributed by atoms with Gasteiger partial charge in [0.05, 0.1) is 85.3 Å². The Morgan fingerprint density at radius 3 is 1.16 bits per heavy atom.